The van der Waals surface area contributed by atoms with E-state index in [9.17, 15) is 18.0 Å². The fraction of sp³-hybridized carbons (Fsp3) is 0.296. The molecular formula is C27H27F3N6O3. The van der Waals surface area contributed by atoms with E-state index in [0.717, 1.165) is 62.6 Å². The summed E-state index contributed by atoms with van der Waals surface area (Å²) in [6, 6.07) is 6.70. The Morgan fingerprint density at radius 3 is 2.49 bits per heavy atom. The van der Waals surface area contributed by atoms with Gasteiger partial charge in [-0.15, -0.1) is 0 Å². The maximum atomic E-state index is 14.9. The monoisotopic (exact) mass is 540 g/mol. The molecule has 4 aromatic rings. The van der Waals surface area contributed by atoms with Crippen LogP contribution in [0.15, 0.2) is 48.9 Å². The molecule has 2 aromatic heterocycles. The molecule has 0 spiro atoms. The van der Waals surface area contributed by atoms with Crippen molar-refractivity contribution in [1.82, 2.24) is 24.4 Å². The van der Waals surface area contributed by atoms with Gasteiger partial charge >= 0.3 is 0 Å². The summed E-state index contributed by atoms with van der Waals surface area (Å²) in [4.78, 5) is 21.1. The van der Waals surface area contributed by atoms with E-state index in [1.54, 1.807) is 10.7 Å². The van der Waals surface area contributed by atoms with Crippen LogP contribution in [0, 0.1) is 24.4 Å². The Morgan fingerprint density at radius 1 is 1.03 bits per heavy atom. The molecule has 0 unspecified atom stereocenters. The largest absolute Gasteiger partial charge is 0.490 e. The first kappa shape index (κ1) is 26.4. The number of hydrogen-bond donors (Lipinski definition) is 1. The van der Waals surface area contributed by atoms with Crippen LogP contribution >= 0.6 is 0 Å². The SMILES string of the molecule is Cc1c(OCCN2CCN(C)CC2)cn2ncnc(Oc3ccc(NC(=O)c4c(F)cccc4F)cc3F)c12. The first-order valence-corrected chi connectivity index (χ1v) is 12.4. The summed E-state index contributed by atoms with van der Waals surface area (Å²) in [6.07, 6.45) is 3.01. The van der Waals surface area contributed by atoms with Crippen LogP contribution in [0.5, 0.6) is 17.4 Å². The van der Waals surface area contributed by atoms with Gasteiger partial charge in [-0.3, -0.25) is 9.69 Å². The van der Waals surface area contributed by atoms with Crippen molar-refractivity contribution in [3.8, 4) is 17.4 Å². The van der Waals surface area contributed by atoms with Crippen molar-refractivity contribution in [2.45, 2.75) is 6.92 Å². The van der Waals surface area contributed by atoms with Crippen molar-refractivity contribution >= 4 is 17.1 Å². The number of nitrogens with one attached hydrogen (secondary N) is 1. The van der Waals surface area contributed by atoms with Gasteiger partial charge in [0.25, 0.3) is 5.91 Å². The number of ether oxygens (including phenoxy) is 2. The van der Waals surface area contributed by atoms with Crippen molar-refractivity contribution < 1.29 is 27.4 Å². The van der Waals surface area contributed by atoms with E-state index in [2.05, 4.69) is 32.2 Å². The minimum Gasteiger partial charge on any atom is -0.490 e. The lowest BCUT2D eigenvalue weighted by atomic mass is 10.1. The Bertz CT molecular complexity index is 1480. The van der Waals surface area contributed by atoms with Gasteiger partial charge in [-0.25, -0.2) is 17.7 Å². The highest BCUT2D eigenvalue weighted by Crippen LogP contribution is 2.33. The number of benzene rings is 2. The van der Waals surface area contributed by atoms with Crippen LogP contribution in [0.2, 0.25) is 0 Å². The molecule has 3 heterocycles. The van der Waals surface area contributed by atoms with Gasteiger partial charge < -0.3 is 19.7 Å². The third-order valence-electron chi connectivity index (χ3n) is 6.59. The summed E-state index contributed by atoms with van der Waals surface area (Å²) < 4.78 is 56.0. The summed E-state index contributed by atoms with van der Waals surface area (Å²) in [5.74, 6) is -3.33. The minimum atomic E-state index is -1.04. The van der Waals surface area contributed by atoms with Crippen molar-refractivity contribution in [2.24, 2.45) is 0 Å². The second-order valence-electron chi connectivity index (χ2n) is 9.27. The van der Waals surface area contributed by atoms with Crippen LogP contribution in [0.25, 0.3) is 5.52 Å². The quantitative estimate of drug-likeness (QED) is 0.360. The second-order valence-corrected chi connectivity index (χ2v) is 9.27. The Morgan fingerprint density at radius 2 is 1.77 bits per heavy atom. The number of carbonyl (C=O) groups excluding carboxylic acids is 1. The first-order valence-electron chi connectivity index (χ1n) is 12.4. The van der Waals surface area contributed by atoms with Gasteiger partial charge in [0.1, 0.15) is 41.4 Å². The van der Waals surface area contributed by atoms with Gasteiger partial charge in [0.05, 0.1) is 6.20 Å². The molecular weight excluding hydrogens is 513 g/mol. The number of nitrogens with zero attached hydrogens (tertiary/aromatic N) is 5. The molecule has 0 saturated carbocycles. The summed E-state index contributed by atoms with van der Waals surface area (Å²) >= 11 is 0. The average molecular weight is 541 g/mol. The molecule has 2 aromatic carbocycles. The number of amides is 1. The van der Waals surface area contributed by atoms with E-state index in [1.807, 2.05) is 6.92 Å². The third-order valence-corrected chi connectivity index (χ3v) is 6.59. The number of halogens is 3. The van der Waals surface area contributed by atoms with Crippen LogP contribution < -0.4 is 14.8 Å². The molecule has 1 amide bonds. The van der Waals surface area contributed by atoms with E-state index in [1.165, 1.54) is 18.5 Å². The van der Waals surface area contributed by atoms with Gasteiger partial charge in [0, 0.05) is 50.0 Å². The van der Waals surface area contributed by atoms with Crippen molar-refractivity contribution in [2.75, 3.05) is 51.7 Å². The average Bonchev–Trinajstić information content (AvgIpc) is 3.23. The zero-order chi connectivity index (χ0) is 27.5. The molecule has 1 aliphatic rings. The second kappa shape index (κ2) is 11.3. The highest BCUT2D eigenvalue weighted by atomic mass is 19.1. The maximum Gasteiger partial charge on any atom is 0.261 e. The number of anilines is 1. The van der Waals surface area contributed by atoms with Crippen molar-refractivity contribution in [3.05, 3.63) is 77.5 Å². The van der Waals surface area contributed by atoms with Crippen LogP contribution in [0.4, 0.5) is 18.9 Å². The predicted molar refractivity (Wildman–Crippen MR) is 138 cm³/mol. The first-order chi connectivity index (χ1) is 18.8. The molecule has 1 aliphatic heterocycles. The molecule has 9 nitrogen and oxygen atoms in total. The standard InChI is InChI=1S/C27H27F3N6O3/c1-17-23(38-13-12-35-10-8-34(2)9-11-35)15-36-25(17)27(31-16-32-36)39-22-7-6-18(14-21(22)30)33-26(37)24-19(28)4-3-5-20(24)29/h3-7,14-16H,8-13H2,1-2H3,(H,33,37). The summed E-state index contributed by atoms with van der Waals surface area (Å²) in [5.41, 5.74) is 0.487. The van der Waals surface area contributed by atoms with Gasteiger partial charge in [0.15, 0.2) is 11.6 Å². The lowest BCUT2D eigenvalue weighted by Gasteiger charge is -2.32. The Balaban J connectivity index is 1.28. The van der Waals surface area contributed by atoms with E-state index in [4.69, 9.17) is 9.47 Å². The molecule has 1 N–H and O–H groups in total. The molecule has 204 valence electrons. The Kier molecular flexibility index (Phi) is 7.66. The third kappa shape index (κ3) is 5.81. The number of aryl methyl sites for hydroxylation is 1. The molecule has 1 fully saturated rings. The van der Waals surface area contributed by atoms with Crippen LogP contribution in [0.1, 0.15) is 15.9 Å². The van der Waals surface area contributed by atoms with E-state index >= 15 is 0 Å². The smallest absolute Gasteiger partial charge is 0.261 e. The Hall–Kier alpha value is -4.16. The fourth-order valence-electron chi connectivity index (χ4n) is 4.36. The Labute approximate surface area is 222 Å². The molecule has 0 atom stereocenters. The maximum absolute atomic E-state index is 14.9. The van der Waals surface area contributed by atoms with Gasteiger partial charge in [-0.05, 0) is 38.2 Å². The van der Waals surface area contributed by atoms with Crippen LogP contribution in [0.3, 0.4) is 0 Å². The van der Waals surface area contributed by atoms with Crippen molar-refractivity contribution in [3.63, 3.8) is 0 Å². The predicted octanol–water partition coefficient (Wildman–Crippen LogP) is 4.13. The lowest BCUT2D eigenvalue weighted by Crippen LogP contribution is -2.45. The molecule has 1 saturated heterocycles. The number of hydrogen-bond acceptors (Lipinski definition) is 7. The highest BCUT2D eigenvalue weighted by molar-refractivity contribution is 6.04. The number of likely N-dealkylation sites (N-methyl/N-ethyl adjacent to an activating group) is 1. The minimum absolute atomic E-state index is 0.00441. The van der Waals surface area contributed by atoms with Crippen molar-refractivity contribution in [1.29, 1.82) is 0 Å². The number of rotatable bonds is 8. The van der Waals surface area contributed by atoms with E-state index in [-0.39, 0.29) is 17.3 Å². The van der Waals surface area contributed by atoms with Crippen LogP contribution in [-0.2, 0) is 0 Å². The van der Waals surface area contributed by atoms with Gasteiger partial charge in [-0.2, -0.15) is 10.1 Å². The summed E-state index contributed by atoms with van der Waals surface area (Å²) in [5, 5.41) is 6.50. The molecule has 39 heavy (non-hydrogen) atoms. The van der Waals surface area contributed by atoms with E-state index in [0.29, 0.717) is 17.9 Å². The number of fused-ring (bicyclic) bond motifs is 1. The molecule has 0 bridgehead atoms. The molecule has 12 heteroatoms. The summed E-state index contributed by atoms with van der Waals surface area (Å²) in [7, 11) is 2.11. The topological polar surface area (TPSA) is 84.2 Å². The molecule has 0 radical (unpaired) electrons. The zero-order valence-electron chi connectivity index (χ0n) is 21.5. The fourth-order valence-corrected chi connectivity index (χ4v) is 4.36. The number of piperazine rings is 1. The summed E-state index contributed by atoms with van der Waals surface area (Å²) in [6.45, 7) is 7.19. The lowest BCUT2D eigenvalue weighted by molar-refractivity contribution is 0.101. The highest BCUT2D eigenvalue weighted by Gasteiger charge is 2.20. The van der Waals surface area contributed by atoms with Crippen LogP contribution in [-0.4, -0.2) is 76.7 Å². The van der Waals surface area contributed by atoms with Gasteiger partial charge in [-0.1, -0.05) is 6.07 Å². The normalized spacial score (nSPS) is 14.5. The number of aromatic nitrogens is 3. The molecule has 5 rings (SSSR count). The van der Waals surface area contributed by atoms with E-state index < -0.39 is 28.9 Å². The van der Waals surface area contributed by atoms with Gasteiger partial charge in [0.2, 0.25) is 5.88 Å². The zero-order valence-corrected chi connectivity index (χ0v) is 21.5. The number of carbonyl (C=O) groups is 1. The molecule has 0 aliphatic carbocycles.